The highest BCUT2D eigenvalue weighted by atomic mass is 35.5. The number of hydrazine groups is 1. The Morgan fingerprint density at radius 3 is 2.95 bits per heavy atom. The van der Waals surface area contributed by atoms with Gasteiger partial charge in [0.1, 0.15) is 0 Å². The number of ether oxygens (including phenoxy) is 1. The molecule has 1 aromatic heterocycles. The monoisotopic (exact) mass is 332 g/mol. The molecule has 3 N–H and O–H groups in total. The van der Waals surface area contributed by atoms with Crippen LogP contribution in [0.25, 0.3) is 0 Å². The van der Waals surface area contributed by atoms with Crippen LogP contribution in [0.1, 0.15) is 43.8 Å². The lowest BCUT2D eigenvalue weighted by Crippen LogP contribution is -2.32. The van der Waals surface area contributed by atoms with Gasteiger partial charge in [0, 0.05) is 18.1 Å². The topological polar surface area (TPSA) is 65.1 Å². The smallest absolute Gasteiger partial charge is 0.0835 e. The predicted molar refractivity (Wildman–Crippen MR) is 88.5 cm³/mol. The molecule has 1 saturated carbocycles. The molecule has 0 radical (unpaired) electrons. The van der Waals surface area contributed by atoms with Crippen molar-refractivity contribution in [2.24, 2.45) is 5.84 Å². The van der Waals surface area contributed by atoms with Crippen LogP contribution in [-0.2, 0) is 11.3 Å². The van der Waals surface area contributed by atoms with Gasteiger partial charge in [-0.1, -0.05) is 30.9 Å². The standard InChI is InChI=1S/C14H25ClN4OS/c1-20-8-7-19-14(12(15)9-17-19)13(18-16)10-21-11-5-3-2-4-6-11/h9,11,13,18H,2-8,10,16H2,1H3. The van der Waals surface area contributed by atoms with Crippen molar-refractivity contribution < 1.29 is 4.74 Å². The maximum Gasteiger partial charge on any atom is 0.0835 e. The number of hydrogen-bond donors (Lipinski definition) is 2. The molecule has 2 rings (SSSR count). The minimum Gasteiger partial charge on any atom is -0.383 e. The third kappa shape index (κ3) is 4.86. The SMILES string of the molecule is COCCn1ncc(Cl)c1C(CSC1CCCCC1)NN. The molecule has 1 atom stereocenters. The van der Waals surface area contributed by atoms with Crippen LogP contribution in [0.5, 0.6) is 0 Å². The molecule has 0 aliphatic heterocycles. The number of nitrogens with two attached hydrogens (primary N) is 1. The molecule has 7 heteroatoms. The maximum atomic E-state index is 6.29. The zero-order valence-corrected chi connectivity index (χ0v) is 14.1. The summed E-state index contributed by atoms with van der Waals surface area (Å²) in [6.07, 6.45) is 8.40. The number of aromatic nitrogens is 2. The van der Waals surface area contributed by atoms with Gasteiger partial charge in [0.2, 0.25) is 0 Å². The molecule has 1 heterocycles. The Kier molecular flexibility index (Phi) is 7.33. The molecule has 0 spiro atoms. The van der Waals surface area contributed by atoms with Gasteiger partial charge in [0.05, 0.1) is 36.1 Å². The van der Waals surface area contributed by atoms with Gasteiger partial charge in [-0.2, -0.15) is 16.9 Å². The van der Waals surface area contributed by atoms with Gasteiger partial charge in [-0.25, -0.2) is 0 Å². The van der Waals surface area contributed by atoms with Crippen molar-refractivity contribution in [1.82, 2.24) is 15.2 Å². The van der Waals surface area contributed by atoms with E-state index in [1.807, 2.05) is 16.4 Å². The van der Waals surface area contributed by atoms with E-state index in [4.69, 9.17) is 22.2 Å². The van der Waals surface area contributed by atoms with Crippen LogP contribution in [0, 0.1) is 0 Å². The fourth-order valence-corrected chi connectivity index (χ4v) is 4.40. The summed E-state index contributed by atoms with van der Waals surface area (Å²) in [5, 5.41) is 5.74. The minimum absolute atomic E-state index is 0.0174. The van der Waals surface area contributed by atoms with E-state index in [-0.39, 0.29) is 6.04 Å². The molecule has 21 heavy (non-hydrogen) atoms. The number of methoxy groups -OCH3 is 1. The second-order valence-corrected chi connectivity index (χ2v) is 7.15. The lowest BCUT2D eigenvalue weighted by molar-refractivity contribution is 0.182. The molecule has 1 fully saturated rings. The van der Waals surface area contributed by atoms with Crippen LogP contribution in [-0.4, -0.2) is 34.5 Å². The zero-order chi connectivity index (χ0) is 15.1. The summed E-state index contributed by atoms with van der Waals surface area (Å²) < 4.78 is 7.00. The number of nitrogens with one attached hydrogen (secondary N) is 1. The number of thioether (sulfide) groups is 1. The number of halogens is 1. The molecule has 1 aliphatic rings. The molecular formula is C14H25ClN4OS. The van der Waals surface area contributed by atoms with Crippen molar-refractivity contribution in [2.45, 2.75) is 49.9 Å². The third-order valence-electron chi connectivity index (χ3n) is 3.92. The van der Waals surface area contributed by atoms with Crippen molar-refractivity contribution in [3.05, 3.63) is 16.9 Å². The highest BCUT2D eigenvalue weighted by molar-refractivity contribution is 7.99. The molecule has 1 aliphatic carbocycles. The molecule has 0 amide bonds. The highest BCUT2D eigenvalue weighted by Gasteiger charge is 2.22. The normalized spacial score (nSPS) is 18.0. The molecule has 0 bridgehead atoms. The molecule has 1 unspecified atom stereocenters. The van der Waals surface area contributed by atoms with E-state index in [0.29, 0.717) is 18.2 Å². The quantitative estimate of drug-likeness (QED) is 0.566. The Morgan fingerprint density at radius 2 is 2.29 bits per heavy atom. The molecule has 0 saturated heterocycles. The Bertz CT molecular complexity index is 423. The van der Waals surface area contributed by atoms with Gasteiger partial charge in [-0.3, -0.25) is 16.0 Å². The van der Waals surface area contributed by atoms with Crippen LogP contribution in [0.4, 0.5) is 0 Å². The van der Waals surface area contributed by atoms with E-state index in [1.165, 1.54) is 32.1 Å². The first-order valence-corrected chi connectivity index (χ1v) is 8.96. The summed E-state index contributed by atoms with van der Waals surface area (Å²) in [6, 6.07) is 0.0174. The van der Waals surface area contributed by atoms with E-state index < -0.39 is 0 Å². The van der Waals surface area contributed by atoms with E-state index in [0.717, 1.165) is 16.7 Å². The second kappa shape index (κ2) is 9.00. The summed E-state index contributed by atoms with van der Waals surface area (Å²) in [7, 11) is 1.68. The van der Waals surface area contributed by atoms with Crippen molar-refractivity contribution in [3.8, 4) is 0 Å². The zero-order valence-electron chi connectivity index (χ0n) is 12.6. The Morgan fingerprint density at radius 1 is 1.52 bits per heavy atom. The van der Waals surface area contributed by atoms with E-state index in [9.17, 15) is 0 Å². The number of hydrogen-bond acceptors (Lipinski definition) is 5. The van der Waals surface area contributed by atoms with E-state index in [1.54, 1.807) is 13.3 Å². The van der Waals surface area contributed by atoms with Gasteiger partial charge >= 0.3 is 0 Å². The van der Waals surface area contributed by atoms with Gasteiger partial charge in [-0.05, 0) is 12.8 Å². The minimum atomic E-state index is 0.0174. The third-order valence-corrected chi connectivity index (χ3v) is 5.68. The Balaban J connectivity index is 1.97. The number of rotatable bonds is 8. The first-order chi connectivity index (χ1) is 10.3. The molecule has 5 nitrogen and oxygen atoms in total. The first kappa shape index (κ1) is 17.1. The molecule has 120 valence electrons. The molecule has 1 aromatic rings. The summed E-state index contributed by atoms with van der Waals surface area (Å²) in [5.41, 5.74) is 3.85. The summed E-state index contributed by atoms with van der Waals surface area (Å²) >= 11 is 8.29. The lowest BCUT2D eigenvalue weighted by Gasteiger charge is -2.24. The average Bonchev–Trinajstić information content (AvgIpc) is 2.88. The van der Waals surface area contributed by atoms with Gasteiger partial charge in [0.15, 0.2) is 0 Å². The largest absolute Gasteiger partial charge is 0.383 e. The van der Waals surface area contributed by atoms with Crippen LogP contribution in [0.3, 0.4) is 0 Å². The summed E-state index contributed by atoms with van der Waals surface area (Å²) in [4.78, 5) is 0. The van der Waals surface area contributed by atoms with Crippen LogP contribution < -0.4 is 11.3 Å². The van der Waals surface area contributed by atoms with E-state index >= 15 is 0 Å². The van der Waals surface area contributed by atoms with Gasteiger partial charge < -0.3 is 4.74 Å². The second-order valence-electron chi connectivity index (χ2n) is 5.41. The fraction of sp³-hybridized carbons (Fsp3) is 0.786. The molecule has 0 aromatic carbocycles. The summed E-state index contributed by atoms with van der Waals surface area (Å²) in [5.74, 6) is 6.67. The molecular weight excluding hydrogens is 308 g/mol. The van der Waals surface area contributed by atoms with Gasteiger partial charge in [0.25, 0.3) is 0 Å². The van der Waals surface area contributed by atoms with Crippen LogP contribution in [0.2, 0.25) is 5.02 Å². The van der Waals surface area contributed by atoms with Gasteiger partial charge in [-0.15, -0.1) is 0 Å². The van der Waals surface area contributed by atoms with Crippen molar-refractivity contribution in [3.63, 3.8) is 0 Å². The maximum absolute atomic E-state index is 6.29. The Hall–Kier alpha value is -0.270. The van der Waals surface area contributed by atoms with Crippen molar-refractivity contribution >= 4 is 23.4 Å². The predicted octanol–water partition coefficient (Wildman–Crippen LogP) is 2.75. The number of nitrogens with zero attached hydrogens (tertiary/aromatic N) is 2. The average molecular weight is 333 g/mol. The van der Waals surface area contributed by atoms with Crippen molar-refractivity contribution in [1.29, 1.82) is 0 Å². The van der Waals surface area contributed by atoms with Crippen LogP contribution in [0.15, 0.2) is 6.20 Å². The summed E-state index contributed by atoms with van der Waals surface area (Å²) in [6.45, 7) is 1.29. The van der Waals surface area contributed by atoms with Crippen molar-refractivity contribution in [2.75, 3.05) is 19.5 Å². The Labute approximate surface area is 135 Å². The van der Waals surface area contributed by atoms with Crippen LogP contribution >= 0.6 is 23.4 Å². The van der Waals surface area contributed by atoms with E-state index in [2.05, 4.69) is 10.5 Å². The lowest BCUT2D eigenvalue weighted by atomic mass is 10.0. The highest BCUT2D eigenvalue weighted by Crippen LogP contribution is 2.32. The first-order valence-electron chi connectivity index (χ1n) is 7.54. The fourth-order valence-electron chi connectivity index (χ4n) is 2.74.